The summed E-state index contributed by atoms with van der Waals surface area (Å²) in [5.41, 5.74) is 0. The minimum atomic E-state index is 0.0976. The van der Waals surface area contributed by atoms with Crippen LogP contribution >= 0.6 is 0 Å². The van der Waals surface area contributed by atoms with E-state index in [0.29, 0.717) is 18.9 Å². The van der Waals surface area contributed by atoms with Gasteiger partial charge in [-0.15, -0.1) is 0 Å². The van der Waals surface area contributed by atoms with E-state index in [1.54, 1.807) is 0 Å². The fourth-order valence-corrected chi connectivity index (χ4v) is 2.43. The SMILES string of the molecule is C/C=C/C(CNC(=O)CC(C)C)CC1CCNC1=O.CC(C)C. The average molecular weight is 325 g/mol. The normalized spacial score (nSPS) is 18.8. The van der Waals surface area contributed by atoms with Gasteiger partial charge in [0.1, 0.15) is 0 Å². The van der Waals surface area contributed by atoms with Crippen molar-refractivity contribution in [1.82, 2.24) is 10.6 Å². The molecular weight excluding hydrogens is 288 g/mol. The van der Waals surface area contributed by atoms with Crippen LogP contribution in [0, 0.1) is 23.7 Å². The van der Waals surface area contributed by atoms with Crippen molar-refractivity contribution < 1.29 is 9.59 Å². The van der Waals surface area contributed by atoms with Gasteiger partial charge in [0.15, 0.2) is 0 Å². The summed E-state index contributed by atoms with van der Waals surface area (Å²) in [6.45, 7) is 13.9. The van der Waals surface area contributed by atoms with Crippen molar-refractivity contribution in [3.63, 3.8) is 0 Å². The molecule has 2 atom stereocenters. The first kappa shape index (κ1) is 21.7. The van der Waals surface area contributed by atoms with E-state index in [0.717, 1.165) is 25.3 Å². The third-order valence-corrected chi connectivity index (χ3v) is 3.37. The van der Waals surface area contributed by atoms with Crippen LogP contribution in [-0.2, 0) is 9.59 Å². The topological polar surface area (TPSA) is 58.2 Å². The molecule has 0 aromatic heterocycles. The van der Waals surface area contributed by atoms with Crippen molar-refractivity contribution in [2.45, 2.75) is 60.8 Å². The number of amides is 2. The van der Waals surface area contributed by atoms with E-state index in [1.807, 2.05) is 26.8 Å². The first-order valence-electron chi connectivity index (χ1n) is 8.93. The number of carbonyl (C=O) groups is 2. The van der Waals surface area contributed by atoms with Crippen LogP contribution in [0.25, 0.3) is 0 Å². The van der Waals surface area contributed by atoms with Gasteiger partial charge in [0.2, 0.25) is 11.8 Å². The second kappa shape index (κ2) is 12.1. The van der Waals surface area contributed by atoms with Gasteiger partial charge in [0.05, 0.1) is 0 Å². The Bertz CT molecular complexity index is 373. The van der Waals surface area contributed by atoms with Crippen LogP contribution in [0.1, 0.15) is 60.8 Å². The first-order valence-corrected chi connectivity index (χ1v) is 8.93. The van der Waals surface area contributed by atoms with Crippen LogP contribution in [-0.4, -0.2) is 24.9 Å². The molecule has 0 radical (unpaired) electrons. The largest absolute Gasteiger partial charge is 0.356 e. The predicted octanol–water partition coefficient (Wildman–Crippen LogP) is 3.53. The molecule has 1 aliphatic heterocycles. The molecule has 0 spiro atoms. The minimum Gasteiger partial charge on any atom is -0.356 e. The van der Waals surface area contributed by atoms with Crippen molar-refractivity contribution in [3.8, 4) is 0 Å². The molecule has 4 heteroatoms. The molecule has 1 rings (SSSR count). The highest BCUT2D eigenvalue weighted by molar-refractivity contribution is 5.80. The fraction of sp³-hybridized carbons (Fsp3) is 0.789. The lowest BCUT2D eigenvalue weighted by Crippen LogP contribution is -2.31. The van der Waals surface area contributed by atoms with Crippen LogP contribution in [0.15, 0.2) is 12.2 Å². The summed E-state index contributed by atoms with van der Waals surface area (Å²) in [5, 5.41) is 5.82. The van der Waals surface area contributed by atoms with E-state index < -0.39 is 0 Å². The van der Waals surface area contributed by atoms with E-state index in [-0.39, 0.29) is 23.7 Å². The molecule has 0 aromatic rings. The molecule has 2 unspecified atom stereocenters. The Labute approximate surface area is 142 Å². The lowest BCUT2D eigenvalue weighted by Gasteiger charge is -2.17. The van der Waals surface area contributed by atoms with Crippen molar-refractivity contribution in [3.05, 3.63) is 12.2 Å². The van der Waals surface area contributed by atoms with Crippen LogP contribution in [0.2, 0.25) is 0 Å². The Hall–Kier alpha value is -1.32. The fourth-order valence-electron chi connectivity index (χ4n) is 2.43. The van der Waals surface area contributed by atoms with Gasteiger partial charge in [-0.1, -0.05) is 46.8 Å². The second-order valence-corrected chi connectivity index (χ2v) is 7.43. The van der Waals surface area contributed by atoms with Gasteiger partial charge < -0.3 is 10.6 Å². The second-order valence-electron chi connectivity index (χ2n) is 7.43. The third kappa shape index (κ3) is 11.8. The van der Waals surface area contributed by atoms with Crippen molar-refractivity contribution >= 4 is 11.8 Å². The summed E-state index contributed by atoms with van der Waals surface area (Å²) in [7, 11) is 0. The van der Waals surface area contributed by atoms with Crippen LogP contribution in [0.5, 0.6) is 0 Å². The zero-order valence-corrected chi connectivity index (χ0v) is 15.8. The molecular formula is C19H36N2O2. The Morgan fingerprint density at radius 1 is 1.30 bits per heavy atom. The molecule has 0 aromatic carbocycles. The lowest BCUT2D eigenvalue weighted by atomic mass is 9.92. The quantitative estimate of drug-likeness (QED) is 0.704. The molecule has 134 valence electrons. The zero-order chi connectivity index (χ0) is 17.8. The highest BCUT2D eigenvalue weighted by Crippen LogP contribution is 2.20. The van der Waals surface area contributed by atoms with Crippen molar-refractivity contribution in [2.24, 2.45) is 23.7 Å². The van der Waals surface area contributed by atoms with Crippen LogP contribution in [0.4, 0.5) is 0 Å². The smallest absolute Gasteiger partial charge is 0.223 e. The number of carbonyl (C=O) groups excluding carboxylic acids is 2. The highest BCUT2D eigenvalue weighted by atomic mass is 16.2. The van der Waals surface area contributed by atoms with E-state index in [1.165, 1.54) is 0 Å². The van der Waals surface area contributed by atoms with E-state index in [4.69, 9.17) is 0 Å². The maximum Gasteiger partial charge on any atom is 0.223 e. The van der Waals surface area contributed by atoms with E-state index in [9.17, 15) is 9.59 Å². The Balaban J connectivity index is 0.00000108. The molecule has 1 saturated heterocycles. The molecule has 1 heterocycles. The maximum atomic E-state index is 11.6. The average Bonchev–Trinajstić information content (AvgIpc) is 2.80. The Morgan fingerprint density at radius 3 is 2.35 bits per heavy atom. The number of allylic oxidation sites excluding steroid dienone is 1. The van der Waals surface area contributed by atoms with E-state index in [2.05, 4.69) is 37.5 Å². The molecule has 4 nitrogen and oxygen atoms in total. The Morgan fingerprint density at radius 2 is 1.91 bits per heavy atom. The van der Waals surface area contributed by atoms with Gasteiger partial charge in [0.25, 0.3) is 0 Å². The highest BCUT2D eigenvalue weighted by Gasteiger charge is 2.26. The number of nitrogens with one attached hydrogen (secondary N) is 2. The summed E-state index contributed by atoms with van der Waals surface area (Å²) >= 11 is 0. The number of hydrogen-bond donors (Lipinski definition) is 2. The molecule has 0 saturated carbocycles. The maximum absolute atomic E-state index is 11.6. The monoisotopic (exact) mass is 324 g/mol. The van der Waals surface area contributed by atoms with E-state index >= 15 is 0 Å². The van der Waals surface area contributed by atoms with Gasteiger partial charge in [-0.05, 0) is 37.5 Å². The molecule has 2 amide bonds. The van der Waals surface area contributed by atoms with Gasteiger partial charge >= 0.3 is 0 Å². The van der Waals surface area contributed by atoms with Crippen LogP contribution in [0.3, 0.4) is 0 Å². The minimum absolute atomic E-state index is 0.0976. The van der Waals surface area contributed by atoms with Gasteiger partial charge in [-0.2, -0.15) is 0 Å². The standard InChI is InChI=1S/C15H26N2O2.C4H10/c1-4-5-12(9-13-6-7-16-15(13)19)10-17-14(18)8-11(2)3;1-4(2)3/h4-5,11-13H,6-10H2,1-3H3,(H,16,19)(H,17,18);4H,1-3H3/b5-4+;. The third-order valence-electron chi connectivity index (χ3n) is 3.37. The number of hydrogen-bond acceptors (Lipinski definition) is 2. The molecule has 0 aliphatic carbocycles. The van der Waals surface area contributed by atoms with Crippen molar-refractivity contribution in [1.29, 1.82) is 0 Å². The number of rotatable bonds is 7. The van der Waals surface area contributed by atoms with Gasteiger partial charge in [0, 0.05) is 25.4 Å². The Kier molecular flexibility index (Phi) is 11.4. The van der Waals surface area contributed by atoms with Crippen molar-refractivity contribution in [2.75, 3.05) is 13.1 Å². The van der Waals surface area contributed by atoms with Gasteiger partial charge in [-0.25, -0.2) is 0 Å². The molecule has 1 aliphatic rings. The summed E-state index contributed by atoms with van der Waals surface area (Å²) in [6, 6.07) is 0. The molecule has 2 N–H and O–H groups in total. The zero-order valence-electron chi connectivity index (χ0n) is 15.8. The summed E-state index contributed by atoms with van der Waals surface area (Å²) < 4.78 is 0. The lowest BCUT2D eigenvalue weighted by molar-refractivity contribution is -0.122. The first-order chi connectivity index (χ1) is 10.8. The van der Waals surface area contributed by atoms with Gasteiger partial charge in [-0.3, -0.25) is 9.59 Å². The summed E-state index contributed by atoms with van der Waals surface area (Å²) in [5.74, 6) is 1.81. The summed E-state index contributed by atoms with van der Waals surface area (Å²) in [6.07, 6.45) is 6.37. The predicted molar refractivity (Wildman–Crippen MR) is 97.0 cm³/mol. The molecule has 23 heavy (non-hydrogen) atoms. The van der Waals surface area contributed by atoms with Crippen LogP contribution < -0.4 is 10.6 Å². The molecule has 0 bridgehead atoms. The summed E-state index contributed by atoms with van der Waals surface area (Å²) in [4.78, 5) is 23.2. The molecule has 1 fully saturated rings.